The molecule has 0 spiro atoms. The number of halogens is 16. The van der Waals surface area contributed by atoms with Crippen LogP contribution in [0.3, 0.4) is 0 Å². The number of para-hydroxylation sites is 2. The van der Waals surface area contributed by atoms with Gasteiger partial charge in [0.15, 0.2) is 46.5 Å². The van der Waals surface area contributed by atoms with Gasteiger partial charge in [-0.1, -0.05) is 131 Å². The first-order chi connectivity index (χ1) is 50.0. The van der Waals surface area contributed by atoms with Crippen LogP contribution in [0.1, 0.15) is 91.6 Å². The van der Waals surface area contributed by atoms with Crippen molar-refractivity contribution >= 4 is 87.2 Å². The van der Waals surface area contributed by atoms with Crippen molar-refractivity contribution in [3.8, 4) is 45.0 Å². The molecule has 0 atom stereocenters. The van der Waals surface area contributed by atoms with Gasteiger partial charge in [0.25, 0.3) is 0 Å². The molecule has 0 bridgehead atoms. The second kappa shape index (κ2) is 23.9. The van der Waals surface area contributed by atoms with E-state index in [1.807, 2.05) is 47.6 Å². The van der Waals surface area contributed by atoms with Crippen molar-refractivity contribution in [1.82, 2.24) is 18.3 Å². The predicted molar refractivity (Wildman–Crippen MR) is 385 cm³/mol. The number of hydrogen-bond acceptors (Lipinski definition) is 0. The molecule has 4 heterocycles. The van der Waals surface area contributed by atoms with E-state index in [0.29, 0.717) is 95.2 Å². The second-order valence-electron chi connectivity index (χ2n) is 29.4. The Balaban J connectivity index is 0.963. The Morgan fingerprint density at radius 2 is 0.585 bits per heavy atom. The summed E-state index contributed by atoms with van der Waals surface area (Å²) in [5.74, 6) is -23.6. The van der Waals surface area contributed by atoms with Crippen molar-refractivity contribution in [2.75, 3.05) is 0 Å². The summed E-state index contributed by atoms with van der Waals surface area (Å²) in [5.41, 5.74) is -5.06. The number of aryl methyl sites for hydroxylation is 3. The minimum atomic E-state index is -5.22. The van der Waals surface area contributed by atoms with E-state index in [0.717, 1.165) is 11.1 Å². The topological polar surface area (TPSA) is 19.7 Å². The Kier molecular flexibility index (Phi) is 15.6. The molecule has 0 aliphatic carbocycles. The fraction of sp³-hybridized carbons (Fsp3) is 0.163. The van der Waals surface area contributed by atoms with Crippen molar-refractivity contribution < 1.29 is 70.2 Å². The average Bonchev–Trinajstić information content (AvgIpc) is 1.48. The molecule has 0 saturated heterocycles. The number of benzene rings is 12. The second-order valence-corrected chi connectivity index (χ2v) is 29.4. The lowest BCUT2D eigenvalue weighted by atomic mass is 9.81. The number of aromatic nitrogens is 4. The molecule has 0 amide bonds. The molecule has 0 saturated carbocycles. The van der Waals surface area contributed by atoms with Crippen LogP contribution in [0.5, 0.6) is 0 Å². The molecule has 0 unspecified atom stereocenters. The van der Waals surface area contributed by atoms with E-state index < -0.39 is 137 Å². The van der Waals surface area contributed by atoms with Crippen LogP contribution >= 0.6 is 0 Å². The summed E-state index contributed by atoms with van der Waals surface area (Å²) in [6.45, 7) is 16.6. The van der Waals surface area contributed by atoms with Crippen molar-refractivity contribution in [3.63, 3.8) is 0 Å². The van der Waals surface area contributed by atoms with Gasteiger partial charge in [-0.25, -0.2) is 43.9 Å². The number of nitrogens with zero attached hydrogens (tertiary/aromatic N) is 4. The van der Waals surface area contributed by atoms with Gasteiger partial charge in [0.1, 0.15) is 0 Å². The molecule has 16 aromatic rings. The van der Waals surface area contributed by atoms with E-state index in [-0.39, 0.29) is 50.6 Å². The van der Waals surface area contributed by atoms with Crippen LogP contribution in [0.15, 0.2) is 176 Å². The van der Waals surface area contributed by atoms with E-state index in [1.54, 1.807) is 166 Å². The molecule has 0 N–H and O–H groups in total. The number of rotatable bonds is 8. The maximum Gasteiger partial charge on any atom is 0.416 e. The fourth-order valence-electron chi connectivity index (χ4n) is 15.6. The summed E-state index contributed by atoms with van der Waals surface area (Å²) in [4.78, 5) is 0. The highest BCUT2D eigenvalue weighted by atomic mass is 19.4. The molecular weight excluding hydrogens is 1390 g/mol. The van der Waals surface area contributed by atoms with E-state index >= 15 is 70.2 Å². The third-order valence-corrected chi connectivity index (χ3v) is 20.4. The summed E-state index contributed by atoms with van der Waals surface area (Å²) in [6, 6.07) is 44.3. The highest BCUT2D eigenvalue weighted by molar-refractivity contribution is 6.15. The number of fused-ring (bicyclic) bond motifs is 12. The number of hydrogen-bond donors (Lipinski definition) is 0. The maximum atomic E-state index is 17.2. The Labute approximate surface area is 594 Å². The molecular formula is C86H58F16N4. The van der Waals surface area contributed by atoms with Gasteiger partial charge < -0.3 is 18.3 Å². The minimum absolute atomic E-state index is 0.0283. The Bertz CT molecular complexity index is 6400. The molecule has 0 aliphatic rings. The molecule has 534 valence electrons. The highest BCUT2D eigenvalue weighted by Crippen LogP contribution is 2.52. The first-order valence-electron chi connectivity index (χ1n) is 33.7. The average molecular weight is 1450 g/mol. The molecule has 0 aliphatic heterocycles. The summed E-state index contributed by atoms with van der Waals surface area (Å²) in [6.07, 6.45) is -10.4. The van der Waals surface area contributed by atoms with Crippen molar-refractivity contribution in [2.45, 2.75) is 91.9 Å². The lowest BCUT2D eigenvalue weighted by Crippen LogP contribution is -2.16. The van der Waals surface area contributed by atoms with Crippen molar-refractivity contribution in [1.29, 1.82) is 0 Å². The zero-order valence-electron chi connectivity index (χ0n) is 57.8. The van der Waals surface area contributed by atoms with Crippen LogP contribution < -0.4 is 0 Å². The van der Waals surface area contributed by atoms with Crippen molar-refractivity contribution in [2.24, 2.45) is 0 Å². The quantitative estimate of drug-likeness (QED) is 0.0821. The van der Waals surface area contributed by atoms with Crippen LogP contribution in [0.25, 0.3) is 132 Å². The van der Waals surface area contributed by atoms with Gasteiger partial charge in [-0.3, -0.25) is 0 Å². The van der Waals surface area contributed by atoms with Gasteiger partial charge in [0.2, 0.25) is 11.6 Å². The Morgan fingerprint density at radius 1 is 0.264 bits per heavy atom. The highest BCUT2D eigenvalue weighted by Gasteiger charge is 2.41. The molecule has 12 aromatic carbocycles. The van der Waals surface area contributed by atoms with Crippen LogP contribution in [-0.2, 0) is 29.6 Å². The van der Waals surface area contributed by atoms with E-state index in [1.165, 1.54) is 18.3 Å². The van der Waals surface area contributed by atoms with Gasteiger partial charge in [0, 0.05) is 54.2 Å². The lowest BCUT2D eigenvalue weighted by molar-refractivity contribution is -0.138. The maximum absolute atomic E-state index is 17.2. The van der Waals surface area contributed by atoms with Crippen molar-refractivity contribution in [3.05, 3.63) is 284 Å². The van der Waals surface area contributed by atoms with E-state index in [4.69, 9.17) is 0 Å². The largest absolute Gasteiger partial charge is 0.416 e. The van der Waals surface area contributed by atoms with Crippen LogP contribution in [0.4, 0.5) is 70.2 Å². The Morgan fingerprint density at radius 3 is 0.972 bits per heavy atom. The SMILES string of the molecule is Cc1ccc2c(c1)c1cc(C)ccc1n2-c1cc(C(F)(F)F)cc(-n2c3ccc(C)cc3c3cc(Cc4cc5c6ccccc6n(-c6cc(C(F)(F)F)cc(-n7c8ccccc8c8ccc(C(C)(C)C)cc87)c6-c6c(F)c(F)c(F)c(F)c6F)c5cc4C(C)(C)C)ccc32)c1-c1c(F)c(F)c(F)c(F)c1F. The normalized spacial score (nSPS) is 12.8. The predicted octanol–water partition coefficient (Wildman–Crippen LogP) is 25.9. The molecule has 0 fully saturated rings. The van der Waals surface area contributed by atoms with Gasteiger partial charge >= 0.3 is 12.4 Å². The van der Waals surface area contributed by atoms with E-state index in [9.17, 15) is 0 Å². The van der Waals surface area contributed by atoms with Crippen LogP contribution in [0.2, 0.25) is 0 Å². The van der Waals surface area contributed by atoms with Gasteiger partial charge in [0.05, 0.1) is 89.1 Å². The van der Waals surface area contributed by atoms with Crippen LogP contribution in [-0.4, -0.2) is 18.3 Å². The monoisotopic (exact) mass is 1450 g/mol. The zero-order chi connectivity index (χ0) is 75.3. The lowest BCUT2D eigenvalue weighted by Gasteiger charge is -2.26. The molecule has 106 heavy (non-hydrogen) atoms. The third-order valence-electron chi connectivity index (χ3n) is 20.4. The third kappa shape index (κ3) is 10.6. The van der Waals surface area contributed by atoms with Gasteiger partial charge in [-0.2, -0.15) is 26.3 Å². The summed E-state index contributed by atoms with van der Waals surface area (Å²) < 4.78 is 265. The summed E-state index contributed by atoms with van der Waals surface area (Å²) >= 11 is 0. The fourth-order valence-corrected chi connectivity index (χ4v) is 15.6. The van der Waals surface area contributed by atoms with Gasteiger partial charge in [-0.15, -0.1) is 0 Å². The molecule has 4 aromatic heterocycles. The zero-order valence-corrected chi connectivity index (χ0v) is 57.8. The van der Waals surface area contributed by atoms with E-state index in [2.05, 4.69) is 0 Å². The standard InChI is InChI=1S/C86H58F16N4/c1-40-18-24-59-51(28-40)52-29-41(2)19-25-60(52)103(59)65-35-46(85(97,98)99)36-66(69(65)71-73(87)77(91)81(95)78(92)74(71)88)104-61-26-20-42(3)30-53(61)54-32-43(21-27-62(54)104)31-44-33-55-49-15-11-13-17-58(49)106(64(55)39-56(44)84(7,8)9)68-38-47(86(100,101)102)37-67(70(68)72-75(89)79(93)82(96)80(94)76(72)90)105-57-16-12-10-14-48(57)50-23-22-45(34-63(50)105)83(4,5)6/h10-30,32-39H,31H2,1-9H3. The number of alkyl halides is 6. The molecule has 4 nitrogen and oxygen atoms in total. The molecule has 20 heteroatoms. The molecule has 16 rings (SSSR count). The molecule has 0 radical (unpaired) electrons. The van der Waals surface area contributed by atoms with Crippen LogP contribution in [0, 0.1) is 78.9 Å². The smallest absolute Gasteiger partial charge is 0.309 e. The van der Waals surface area contributed by atoms with Gasteiger partial charge in [-0.05, 0) is 163 Å². The first-order valence-corrected chi connectivity index (χ1v) is 33.7. The Hall–Kier alpha value is -11.3. The first kappa shape index (κ1) is 69.1. The minimum Gasteiger partial charge on any atom is -0.309 e. The summed E-state index contributed by atoms with van der Waals surface area (Å²) in [5, 5.41) is 3.48. The summed E-state index contributed by atoms with van der Waals surface area (Å²) in [7, 11) is 0.